The van der Waals surface area contributed by atoms with Gasteiger partial charge in [-0.25, -0.2) is 9.78 Å². The average Bonchev–Trinajstić information content (AvgIpc) is 2.95. The SMILES string of the molecule is O=C1NC(=O)C2(CCN(c3ccc(Oc4cccc(C(F)(F)F)c4)cn3)CC2)N1. The molecule has 0 radical (unpaired) electrons. The second kappa shape index (κ2) is 6.94. The first-order valence-electron chi connectivity index (χ1n) is 8.95. The number of benzene rings is 1. The third kappa shape index (κ3) is 3.82. The molecule has 1 spiro atoms. The molecule has 0 aliphatic carbocycles. The number of aromatic nitrogens is 1. The molecular weight excluding hydrogens is 389 g/mol. The fraction of sp³-hybridized carbons (Fsp3) is 0.316. The van der Waals surface area contributed by atoms with Crippen molar-refractivity contribution in [2.24, 2.45) is 0 Å². The monoisotopic (exact) mass is 406 g/mol. The molecule has 2 aromatic rings. The molecule has 1 aromatic carbocycles. The summed E-state index contributed by atoms with van der Waals surface area (Å²) in [4.78, 5) is 29.7. The number of imide groups is 1. The molecule has 2 saturated heterocycles. The number of amides is 3. The molecule has 0 unspecified atom stereocenters. The van der Waals surface area contributed by atoms with Crippen molar-refractivity contribution in [3.8, 4) is 11.5 Å². The molecule has 2 aliphatic heterocycles. The Hall–Kier alpha value is -3.30. The van der Waals surface area contributed by atoms with E-state index in [1.165, 1.54) is 18.3 Å². The first-order valence-corrected chi connectivity index (χ1v) is 8.95. The van der Waals surface area contributed by atoms with Gasteiger partial charge in [-0.1, -0.05) is 6.07 Å². The number of nitrogens with zero attached hydrogens (tertiary/aromatic N) is 2. The normalized spacial score (nSPS) is 18.5. The van der Waals surface area contributed by atoms with Gasteiger partial charge in [0.05, 0.1) is 11.8 Å². The Balaban J connectivity index is 1.40. The number of carbonyl (C=O) groups is 2. The lowest BCUT2D eigenvalue weighted by Gasteiger charge is -2.37. The summed E-state index contributed by atoms with van der Waals surface area (Å²) in [6.07, 6.45) is -2.10. The fourth-order valence-electron chi connectivity index (χ4n) is 3.49. The fourth-order valence-corrected chi connectivity index (χ4v) is 3.49. The van der Waals surface area contributed by atoms with Crippen molar-refractivity contribution in [1.29, 1.82) is 0 Å². The number of nitrogens with one attached hydrogen (secondary N) is 2. The summed E-state index contributed by atoms with van der Waals surface area (Å²) in [6.45, 7) is 1.04. The van der Waals surface area contributed by atoms with Crippen LogP contribution in [0.5, 0.6) is 11.5 Å². The number of halogens is 3. The Labute approximate surface area is 163 Å². The van der Waals surface area contributed by atoms with Gasteiger partial charge in [-0.3, -0.25) is 10.1 Å². The Kier molecular flexibility index (Phi) is 4.56. The number of hydrogen-bond donors (Lipinski definition) is 2. The third-order valence-electron chi connectivity index (χ3n) is 5.07. The molecule has 3 amide bonds. The molecule has 29 heavy (non-hydrogen) atoms. The minimum atomic E-state index is -4.44. The van der Waals surface area contributed by atoms with Crippen molar-refractivity contribution >= 4 is 17.8 Å². The van der Waals surface area contributed by atoms with E-state index in [0.717, 1.165) is 12.1 Å². The number of rotatable bonds is 3. The lowest BCUT2D eigenvalue weighted by molar-refractivity contribution is -0.137. The Bertz CT molecular complexity index is 938. The van der Waals surface area contributed by atoms with Crippen molar-refractivity contribution in [3.05, 3.63) is 48.2 Å². The van der Waals surface area contributed by atoms with E-state index in [-0.39, 0.29) is 11.7 Å². The van der Waals surface area contributed by atoms with Crippen LogP contribution in [0, 0.1) is 0 Å². The topological polar surface area (TPSA) is 83.6 Å². The molecular formula is C19H17F3N4O3. The number of anilines is 1. The number of carbonyl (C=O) groups excluding carboxylic acids is 2. The summed E-state index contributed by atoms with van der Waals surface area (Å²) in [7, 11) is 0. The standard InChI is InChI=1S/C19H17F3N4O3/c20-19(21,22)12-2-1-3-13(10-12)29-14-4-5-15(23-11-14)26-8-6-18(7-9-26)16(27)24-17(28)25-18/h1-5,10-11H,6-9H2,(H2,24,25,27,28). The number of hydrogen-bond acceptors (Lipinski definition) is 5. The van der Waals surface area contributed by atoms with Crippen LogP contribution in [0.1, 0.15) is 18.4 Å². The van der Waals surface area contributed by atoms with Gasteiger partial charge >= 0.3 is 12.2 Å². The predicted molar refractivity (Wildman–Crippen MR) is 96.6 cm³/mol. The number of ether oxygens (including phenoxy) is 1. The van der Waals surface area contributed by atoms with Gasteiger partial charge < -0.3 is 15.0 Å². The van der Waals surface area contributed by atoms with E-state index >= 15 is 0 Å². The Morgan fingerprint density at radius 3 is 2.41 bits per heavy atom. The number of alkyl halides is 3. The van der Waals surface area contributed by atoms with E-state index in [4.69, 9.17) is 4.74 Å². The number of pyridine rings is 1. The van der Waals surface area contributed by atoms with Gasteiger partial charge in [-0.2, -0.15) is 13.2 Å². The zero-order valence-corrected chi connectivity index (χ0v) is 15.1. The van der Waals surface area contributed by atoms with Crippen LogP contribution in [-0.4, -0.2) is 35.6 Å². The summed E-state index contributed by atoms with van der Waals surface area (Å²) in [6, 6.07) is 7.47. The minimum absolute atomic E-state index is 0.0669. The first kappa shape index (κ1) is 19.0. The summed E-state index contributed by atoms with van der Waals surface area (Å²) >= 11 is 0. The van der Waals surface area contributed by atoms with E-state index in [2.05, 4.69) is 15.6 Å². The summed E-state index contributed by atoms with van der Waals surface area (Å²) < 4.78 is 43.9. The van der Waals surface area contributed by atoms with Crippen molar-refractivity contribution in [3.63, 3.8) is 0 Å². The molecule has 0 saturated carbocycles. The van der Waals surface area contributed by atoms with Crippen LogP contribution in [0.3, 0.4) is 0 Å². The predicted octanol–water partition coefficient (Wildman–Crippen LogP) is 3.07. The maximum atomic E-state index is 12.8. The van der Waals surface area contributed by atoms with E-state index in [1.807, 2.05) is 4.90 Å². The molecule has 4 rings (SSSR count). The van der Waals surface area contributed by atoms with Gasteiger partial charge in [0.15, 0.2) is 0 Å². The first-order chi connectivity index (χ1) is 13.7. The maximum Gasteiger partial charge on any atom is 0.416 e. The Morgan fingerprint density at radius 2 is 1.83 bits per heavy atom. The molecule has 2 aliphatic rings. The van der Waals surface area contributed by atoms with Gasteiger partial charge in [0, 0.05) is 13.1 Å². The Morgan fingerprint density at radius 1 is 1.07 bits per heavy atom. The second-order valence-corrected chi connectivity index (χ2v) is 6.96. The molecule has 1 aromatic heterocycles. The zero-order chi connectivity index (χ0) is 20.6. The van der Waals surface area contributed by atoms with Crippen LogP contribution in [-0.2, 0) is 11.0 Å². The quantitative estimate of drug-likeness (QED) is 0.766. The molecule has 10 heteroatoms. The lowest BCUT2D eigenvalue weighted by Crippen LogP contribution is -2.55. The third-order valence-corrected chi connectivity index (χ3v) is 5.07. The van der Waals surface area contributed by atoms with Crippen LogP contribution >= 0.6 is 0 Å². The molecule has 0 bridgehead atoms. The largest absolute Gasteiger partial charge is 0.456 e. The smallest absolute Gasteiger partial charge is 0.416 e. The maximum absolute atomic E-state index is 12.8. The van der Waals surface area contributed by atoms with Crippen molar-refractivity contribution in [1.82, 2.24) is 15.6 Å². The minimum Gasteiger partial charge on any atom is -0.456 e. The van der Waals surface area contributed by atoms with Crippen LogP contribution in [0.25, 0.3) is 0 Å². The molecule has 3 heterocycles. The highest BCUT2D eigenvalue weighted by Gasteiger charge is 2.47. The summed E-state index contributed by atoms with van der Waals surface area (Å²) in [5.74, 6) is 0.724. The number of urea groups is 1. The van der Waals surface area contributed by atoms with Crippen LogP contribution in [0.15, 0.2) is 42.6 Å². The van der Waals surface area contributed by atoms with Gasteiger partial charge in [0.2, 0.25) is 0 Å². The molecule has 0 atom stereocenters. The van der Waals surface area contributed by atoms with E-state index < -0.39 is 23.3 Å². The van der Waals surface area contributed by atoms with E-state index in [9.17, 15) is 22.8 Å². The van der Waals surface area contributed by atoms with Gasteiger partial charge in [0.25, 0.3) is 5.91 Å². The van der Waals surface area contributed by atoms with Gasteiger partial charge in [-0.15, -0.1) is 0 Å². The van der Waals surface area contributed by atoms with Gasteiger partial charge in [-0.05, 0) is 43.2 Å². The summed E-state index contributed by atoms with van der Waals surface area (Å²) in [5, 5.41) is 4.96. The van der Waals surface area contributed by atoms with Crippen molar-refractivity contribution < 1.29 is 27.5 Å². The highest BCUT2D eigenvalue weighted by Crippen LogP contribution is 2.33. The lowest BCUT2D eigenvalue weighted by atomic mass is 9.88. The van der Waals surface area contributed by atoms with E-state index in [1.54, 1.807) is 12.1 Å². The van der Waals surface area contributed by atoms with Crippen LogP contribution < -0.4 is 20.3 Å². The molecule has 2 fully saturated rings. The number of piperidine rings is 1. The molecule has 152 valence electrons. The molecule has 7 nitrogen and oxygen atoms in total. The average molecular weight is 406 g/mol. The summed E-state index contributed by atoms with van der Waals surface area (Å²) in [5.41, 5.74) is -1.65. The highest BCUT2D eigenvalue weighted by molar-refractivity contribution is 6.07. The molecule has 2 N–H and O–H groups in total. The van der Waals surface area contributed by atoms with E-state index in [0.29, 0.717) is 37.5 Å². The van der Waals surface area contributed by atoms with Crippen molar-refractivity contribution in [2.75, 3.05) is 18.0 Å². The van der Waals surface area contributed by atoms with Crippen LogP contribution in [0.2, 0.25) is 0 Å². The highest BCUT2D eigenvalue weighted by atomic mass is 19.4. The van der Waals surface area contributed by atoms with Crippen LogP contribution in [0.4, 0.5) is 23.8 Å². The van der Waals surface area contributed by atoms with Crippen molar-refractivity contribution in [2.45, 2.75) is 24.6 Å². The van der Waals surface area contributed by atoms with Gasteiger partial charge in [0.1, 0.15) is 22.9 Å². The second-order valence-electron chi connectivity index (χ2n) is 6.96. The zero-order valence-electron chi connectivity index (χ0n) is 15.1.